The van der Waals surface area contributed by atoms with Gasteiger partial charge < -0.3 is 15.2 Å². The first-order valence-corrected chi connectivity index (χ1v) is 7.04. The van der Waals surface area contributed by atoms with E-state index in [1.165, 1.54) is 5.56 Å². The molecule has 0 aliphatic carbocycles. The van der Waals surface area contributed by atoms with E-state index >= 15 is 0 Å². The van der Waals surface area contributed by atoms with Gasteiger partial charge >= 0.3 is 0 Å². The Morgan fingerprint density at radius 1 is 1.24 bits per heavy atom. The first kappa shape index (κ1) is 15.5. The van der Waals surface area contributed by atoms with Crippen LogP contribution in [0.5, 0.6) is 5.75 Å². The topological polar surface area (TPSA) is 75.2 Å². The van der Waals surface area contributed by atoms with Crippen LogP contribution >= 0.6 is 0 Å². The maximum Gasteiger partial charge on any atom is 0.119 e. The number of aromatic nitrogens is 3. The molecule has 0 saturated carbocycles. The smallest absolute Gasteiger partial charge is 0.119 e. The fraction of sp³-hybridized carbons (Fsp3) is 0.467. The lowest BCUT2D eigenvalue weighted by Gasteiger charge is -2.08. The van der Waals surface area contributed by atoms with Crippen molar-refractivity contribution in [2.75, 3.05) is 13.7 Å². The highest BCUT2D eigenvalue weighted by molar-refractivity contribution is 5.26. The monoisotopic (exact) mass is 290 g/mol. The number of benzene rings is 1. The van der Waals surface area contributed by atoms with Gasteiger partial charge in [-0.05, 0) is 19.1 Å². The third-order valence-corrected chi connectivity index (χ3v) is 3.20. The van der Waals surface area contributed by atoms with Crippen molar-refractivity contribution < 1.29 is 9.47 Å². The van der Waals surface area contributed by atoms with Gasteiger partial charge in [0.15, 0.2) is 0 Å². The predicted molar refractivity (Wildman–Crippen MR) is 79.9 cm³/mol. The Morgan fingerprint density at radius 2 is 2.00 bits per heavy atom. The molecule has 1 heterocycles. The average Bonchev–Trinajstić information content (AvgIpc) is 2.88. The second kappa shape index (κ2) is 7.75. The summed E-state index contributed by atoms with van der Waals surface area (Å²) in [6.07, 6.45) is 0.845. The van der Waals surface area contributed by atoms with Crippen LogP contribution in [0.25, 0.3) is 0 Å². The molecule has 6 heteroatoms. The second-order valence-electron chi connectivity index (χ2n) is 4.86. The molecule has 0 fully saturated rings. The zero-order valence-electron chi connectivity index (χ0n) is 12.6. The summed E-state index contributed by atoms with van der Waals surface area (Å²) in [5, 5.41) is 8.18. The van der Waals surface area contributed by atoms with Gasteiger partial charge in [0.05, 0.1) is 18.9 Å². The van der Waals surface area contributed by atoms with Crippen molar-refractivity contribution in [3.05, 3.63) is 41.2 Å². The van der Waals surface area contributed by atoms with E-state index in [0.717, 1.165) is 30.1 Å². The van der Waals surface area contributed by atoms with Crippen molar-refractivity contribution in [1.82, 2.24) is 15.0 Å². The molecule has 0 saturated heterocycles. The van der Waals surface area contributed by atoms with Crippen LogP contribution in [-0.2, 0) is 24.4 Å². The molecule has 0 aliphatic heterocycles. The Morgan fingerprint density at radius 3 is 2.67 bits per heavy atom. The minimum atomic E-state index is 0.374. The maximum atomic E-state index is 5.70. The number of nitrogens with two attached hydrogens (primary N) is 1. The molecule has 0 bridgehead atoms. The van der Waals surface area contributed by atoms with Gasteiger partial charge in [0.25, 0.3) is 0 Å². The highest BCUT2D eigenvalue weighted by atomic mass is 16.5. The number of methoxy groups -OCH3 is 1. The summed E-state index contributed by atoms with van der Waals surface area (Å²) >= 11 is 0. The van der Waals surface area contributed by atoms with Crippen molar-refractivity contribution in [2.45, 2.75) is 33.0 Å². The molecular weight excluding hydrogens is 268 g/mol. The highest BCUT2D eigenvalue weighted by Crippen LogP contribution is 2.12. The van der Waals surface area contributed by atoms with Gasteiger partial charge in [0.1, 0.15) is 11.4 Å². The Kier molecular flexibility index (Phi) is 5.71. The van der Waals surface area contributed by atoms with Crippen LogP contribution in [0.2, 0.25) is 0 Å². The van der Waals surface area contributed by atoms with Crippen molar-refractivity contribution in [3.8, 4) is 5.75 Å². The molecule has 1 aromatic carbocycles. The number of aryl methyl sites for hydroxylation is 2. The van der Waals surface area contributed by atoms with Gasteiger partial charge in [-0.1, -0.05) is 22.9 Å². The van der Waals surface area contributed by atoms with E-state index in [4.69, 9.17) is 15.2 Å². The molecule has 114 valence electrons. The fourth-order valence-electron chi connectivity index (χ4n) is 2.04. The first-order chi connectivity index (χ1) is 10.2. The SMILES string of the molecule is COCc1c(CN)nnn1CCCOc1ccc(C)cc1. The van der Waals surface area contributed by atoms with Crippen LogP contribution in [0.15, 0.2) is 24.3 Å². The molecule has 0 amide bonds. The molecular formula is C15H22N4O2. The van der Waals surface area contributed by atoms with Crippen molar-refractivity contribution in [3.63, 3.8) is 0 Å². The van der Waals surface area contributed by atoms with Gasteiger partial charge in [-0.3, -0.25) is 0 Å². The molecule has 0 radical (unpaired) electrons. The Bertz CT molecular complexity index is 551. The van der Waals surface area contributed by atoms with Crippen LogP contribution in [0, 0.1) is 6.92 Å². The number of hydrogen-bond donors (Lipinski definition) is 1. The molecule has 2 rings (SSSR count). The Balaban J connectivity index is 1.83. The molecule has 1 aromatic heterocycles. The summed E-state index contributed by atoms with van der Waals surface area (Å²) in [7, 11) is 1.65. The minimum Gasteiger partial charge on any atom is -0.494 e. The van der Waals surface area contributed by atoms with E-state index in [1.807, 2.05) is 28.9 Å². The summed E-state index contributed by atoms with van der Waals surface area (Å²) in [4.78, 5) is 0. The number of ether oxygens (including phenoxy) is 2. The fourth-order valence-corrected chi connectivity index (χ4v) is 2.04. The normalized spacial score (nSPS) is 10.8. The maximum absolute atomic E-state index is 5.70. The number of hydrogen-bond acceptors (Lipinski definition) is 5. The van der Waals surface area contributed by atoms with Crippen LogP contribution < -0.4 is 10.5 Å². The second-order valence-corrected chi connectivity index (χ2v) is 4.86. The van der Waals surface area contributed by atoms with Crippen molar-refractivity contribution in [2.24, 2.45) is 5.73 Å². The summed E-state index contributed by atoms with van der Waals surface area (Å²) in [6.45, 7) is 4.27. The quantitative estimate of drug-likeness (QED) is 0.748. The molecule has 0 spiro atoms. The van der Waals surface area contributed by atoms with E-state index in [9.17, 15) is 0 Å². The predicted octanol–water partition coefficient (Wildman–Crippen LogP) is 1.66. The highest BCUT2D eigenvalue weighted by Gasteiger charge is 2.10. The number of rotatable bonds is 8. The first-order valence-electron chi connectivity index (χ1n) is 7.04. The molecule has 0 aliphatic rings. The van der Waals surface area contributed by atoms with E-state index in [0.29, 0.717) is 19.8 Å². The minimum absolute atomic E-state index is 0.374. The third-order valence-electron chi connectivity index (χ3n) is 3.20. The Hall–Kier alpha value is -1.92. The average molecular weight is 290 g/mol. The molecule has 21 heavy (non-hydrogen) atoms. The van der Waals surface area contributed by atoms with E-state index in [2.05, 4.69) is 17.2 Å². The summed E-state index contributed by atoms with van der Waals surface area (Å²) in [5.41, 5.74) is 8.59. The van der Waals surface area contributed by atoms with E-state index in [1.54, 1.807) is 7.11 Å². The largest absolute Gasteiger partial charge is 0.494 e. The Labute approximate surface area is 124 Å². The van der Waals surface area contributed by atoms with Crippen molar-refractivity contribution >= 4 is 0 Å². The summed E-state index contributed by atoms with van der Waals surface area (Å²) in [6, 6.07) is 8.04. The van der Waals surface area contributed by atoms with Gasteiger partial charge in [0, 0.05) is 26.6 Å². The molecule has 0 unspecified atom stereocenters. The lowest BCUT2D eigenvalue weighted by molar-refractivity contribution is 0.174. The van der Waals surface area contributed by atoms with Crippen LogP contribution in [0.1, 0.15) is 23.4 Å². The van der Waals surface area contributed by atoms with Gasteiger partial charge in [-0.2, -0.15) is 0 Å². The third kappa shape index (κ3) is 4.27. The van der Waals surface area contributed by atoms with E-state index in [-0.39, 0.29) is 0 Å². The lowest BCUT2D eigenvalue weighted by atomic mass is 10.2. The van der Waals surface area contributed by atoms with Crippen LogP contribution in [0.4, 0.5) is 0 Å². The van der Waals surface area contributed by atoms with E-state index < -0.39 is 0 Å². The molecule has 0 atom stereocenters. The van der Waals surface area contributed by atoms with Crippen molar-refractivity contribution in [1.29, 1.82) is 0 Å². The molecule has 6 nitrogen and oxygen atoms in total. The number of nitrogens with zero attached hydrogens (tertiary/aromatic N) is 3. The summed E-state index contributed by atoms with van der Waals surface area (Å²) in [5.74, 6) is 0.888. The zero-order valence-corrected chi connectivity index (χ0v) is 12.6. The summed E-state index contributed by atoms with van der Waals surface area (Å²) < 4.78 is 12.7. The van der Waals surface area contributed by atoms with Gasteiger partial charge in [0.2, 0.25) is 0 Å². The van der Waals surface area contributed by atoms with Gasteiger partial charge in [-0.25, -0.2) is 4.68 Å². The van der Waals surface area contributed by atoms with Crippen LogP contribution in [-0.4, -0.2) is 28.7 Å². The zero-order chi connectivity index (χ0) is 15.1. The molecule has 2 aromatic rings. The van der Waals surface area contributed by atoms with Gasteiger partial charge in [-0.15, -0.1) is 5.10 Å². The standard InChI is InChI=1S/C15H22N4O2/c1-12-4-6-13(7-5-12)21-9-3-8-19-15(11-20-2)14(10-16)17-18-19/h4-7H,3,8-11,16H2,1-2H3. The van der Waals surface area contributed by atoms with Crippen LogP contribution in [0.3, 0.4) is 0 Å². The lowest BCUT2D eigenvalue weighted by Crippen LogP contribution is -2.11. The molecule has 2 N–H and O–H groups in total.